The molecule has 1 aromatic carbocycles. The van der Waals surface area contributed by atoms with Crippen LogP contribution < -0.4 is 4.74 Å². The van der Waals surface area contributed by atoms with E-state index in [0.29, 0.717) is 25.4 Å². The Balaban J connectivity index is 1.88. The van der Waals surface area contributed by atoms with Crippen LogP contribution in [0, 0.1) is 13.8 Å². The highest BCUT2D eigenvalue weighted by Crippen LogP contribution is 2.16. The molecule has 5 heteroatoms. The summed E-state index contributed by atoms with van der Waals surface area (Å²) in [6.45, 7) is 5.37. The summed E-state index contributed by atoms with van der Waals surface area (Å²) in [6, 6.07) is 5.88. The minimum absolute atomic E-state index is 0.0149. The normalized spacial score (nSPS) is 18.9. The molecule has 1 aromatic rings. The maximum atomic E-state index is 12.1. The molecule has 1 aliphatic rings. The van der Waals surface area contributed by atoms with E-state index in [1.807, 2.05) is 26.0 Å². The van der Waals surface area contributed by atoms with Crippen molar-refractivity contribution >= 4 is 5.91 Å². The van der Waals surface area contributed by atoms with Crippen molar-refractivity contribution in [2.45, 2.75) is 20.0 Å². The molecule has 1 unspecified atom stereocenters. The number of nitrogens with zero attached hydrogens (tertiary/aromatic N) is 1. The number of ether oxygens (including phenoxy) is 2. The van der Waals surface area contributed by atoms with E-state index in [4.69, 9.17) is 14.6 Å². The number of hydrogen-bond acceptors (Lipinski definition) is 4. The second-order valence-electron chi connectivity index (χ2n) is 5.13. The number of morpholine rings is 1. The van der Waals surface area contributed by atoms with Crippen LogP contribution in [-0.2, 0) is 9.53 Å². The van der Waals surface area contributed by atoms with Gasteiger partial charge < -0.3 is 19.5 Å². The minimum atomic E-state index is -0.283. The predicted molar refractivity (Wildman–Crippen MR) is 74.8 cm³/mol. The molecule has 0 radical (unpaired) electrons. The molecular formula is C15H21NO4. The molecule has 2 rings (SSSR count). The van der Waals surface area contributed by atoms with Gasteiger partial charge in [0.05, 0.1) is 19.3 Å². The van der Waals surface area contributed by atoms with Crippen LogP contribution in [0.3, 0.4) is 0 Å². The first kappa shape index (κ1) is 14.8. The van der Waals surface area contributed by atoms with Gasteiger partial charge in [0.25, 0.3) is 5.91 Å². The van der Waals surface area contributed by atoms with Gasteiger partial charge in [0.2, 0.25) is 0 Å². The first-order valence-corrected chi connectivity index (χ1v) is 6.80. The van der Waals surface area contributed by atoms with Gasteiger partial charge in [-0.3, -0.25) is 4.79 Å². The van der Waals surface area contributed by atoms with Gasteiger partial charge in [-0.25, -0.2) is 0 Å². The van der Waals surface area contributed by atoms with Crippen LogP contribution in [0.25, 0.3) is 0 Å². The van der Waals surface area contributed by atoms with Crippen LogP contribution in [0.5, 0.6) is 5.75 Å². The Morgan fingerprint density at radius 2 is 2.10 bits per heavy atom. The smallest absolute Gasteiger partial charge is 0.260 e. The minimum Gasteiger partial charge on any atom is -0.484 e. The molecule has 0 saturated carbocycles. The number of carbonyl (C=O) groups excluding carboxylic acids is 1. The summed E-state index contributed by atoms with van der Waals surface area (Å²) in [6.07, 6.45) is -0.283. The quantitative estimate of drug-likeness (QED) is 0.889. The van der Waals surface area contributed by atoms with E-state index in [2.05, 4.69) is 6.07 Å². The Bertz CT molecular complexity index is 455. The van der Waals surface area contributed by atoms with Gasteiger partial charge in [-0.15, -0.1) is 0 Å². The Morgan fingerprint density at radius 3 is 2.75 bits per heavy atom. The summed E-state index contributed by atoms with van der Waals surface area (Å²) in [4.78, 5) is 13.7. The largest absolute Gasteiger partial charge is 0.484 e. The van der Waals surface area contributed by atoms with E-state index < -0.39 is 0 Å². The lowest BCUT2D eigenvalue weighted by molar-refractivity contribution is -0.142. The molecule has 0 bridgehead atoms. The highest BCUT2D eigenvalue weighted by Gasteiger charge is 2.23. The fourth-order valence-corrected chi connectivity index (χ4v) is 2.31. The molecule has 0 aliphatic carbocycles. The Morgan fingerprint density at radius 1 is 1.40 bits per heavy atom. The van der Waals surface area contributed by atoms with Crippen LogP contribution in [0.2, 0.25) is 0 Å². The second-order valence-corrected chi connectivity index (χ2v) is 5.13. The molecule has 1 atom stereocenters. The number of rotatable bonds is 4. The van der Waals surface area contributed by atoms with Crippen LogP contribution in [-0.4, -0.2) is 54.9 Å². The van der Waals surface area contributed by atoms with E-state index >= 15 is 0 Å². The van der Waals surface area contributed by atoms with Crippen LogP contribution in [0.4, 0.5) is 0 Å². The predicted octanol–water partition coefficient (Wildman–Crippen LogP) is 0.902. The summed E-state index contributed by atoms with van der Waals surface area (Å²) in [5, 5.41) is 9.07. The first-order valence-electron chi connectivity index (χ1n) is 6.80. The monoisotopic (exact) mass is 279 g/mol. The van der Waals surface area contributed by atoms with Gasteiger partial charge in [0, 0.05) is 13.1 Å². The highest BCUT2D eigenvalue weighted by molar-refractivity contribution is 5.77. The fourth-order valence-electron chi connectivity index (χ4n) is 2.31. The van der Waals surface area contributed by atoms with Gasteiger partial charge in [0.15, 0.2) is 6.61 Å². The van der Waals surface area contributed by atoms with E-state index in [1.165, 1.54) is 0 Å². The molecular weight excluding hydrogens is 258 g/mol. The van der Waals surface area contributed by atoms with Crippen molar-refractivity contribution in [2.24, 2.45) is 0 Å². The third kappa shape index (κ3) is 3.95. The summed E-state index contributed by atoms with van der Waals surface area (Å²) in [5.41, 5.74) is 2.22. The number of hydrogen-bond donors (Lipinski definition) is 1. The van der Waals surface area contributed by atoms with Gasteiger partial charge in [0.1, 0.15) is 5.75 Å². The third-order valence-corrected chi connectivity index (χ3v) is 3.25. The summed E-state index contributed by atoms with van der Waals surface area (Å²) < 4.78 is 10.9. The van der Waals surface area contributed by atoms with Crippen molar-refractivity contribution < 1.29 is 19.4 Å². The Hall–Kier alpha value is -1.59. The summed E-state index contributed by atoms with van der Waals surface area (Å²) >= 11 is 0. The van der Waals surface area contributed by atoms with Crippen molar-refractivity contribution in [3.05, 3.63) is 29.3 Å². The maximum absolute atomic E-state index is 12.1. The van der Waals surface area contributed by atoms with Gasteiger partial charge in [-0.1, -0.05) is 6.07 Å². The second kappa shape index (κ2) is 6.72. The van der Waals surface area contributed by atoms with Crippen molar-refractivity contribution in [3.8, 4) is 5.75 Å². The van der Waals surface area contributed by atoms with Gasteiger partial charge in [-0.05, 0) is 37.1 Å². The fraction of sp³-hybridized carbons (Fsp3) is 0.533. The zero-order valence-electron chi connectivity index (χ0n) is 12.0. The molecule has 1 N–H and O–H groups in total. The van der Waals surface area contributed by atoms with Crippen molar-refractivity contribution in [1.82, 2.24) is 4.90 Å². The Labute approximate surface area is 119 Å². The molecule has 0 spiro atoms. The van der Waals surface area contributed by atoms with Crippen molar-refractivity contribution in [2.75, 3.05) is 32.9 Å². The molecule has 1 aliphatic heterocycles. The van der Waals surface area contributed by atoms with Gasteiger partial charge >= 0.3 is 0 Å². The lowest BCUT2D eigenvalue weighted by Gasteiger charge is -2.31. The molecule has 20 heavy (non-hydrogen) atoms. The average Bonchev–Trinajstić information content (AvgIpc) is 2.44. The zero-order chi connectivity index (χ0) is 14.5. The number of benzene rings is 1. The number of aryl methyl sites for hydroxylation is 2. The summed E-state index contributed by atoms with van der Waals surface area (Å²) in [7, 11) is 0. The SMILES string of the molecule is Cc1cc(C)cc(OCC(=O)N2CCOC(CO)C2)c1. The average molecular weight is 279 g/mol. The number of carbonyl (C=O) groups is 1. The zero-order valence-corrected chi connectivity index (χ0v) is 12.0. The molecule has 5 nitrogen and oxygen atoms in total. The molecule has 1 saturated heterocycles. The van der Waals surface area contributed by atoms with Gasteiger partial charge in [-0.2, -0.15) is 0 Å². The van der Waals surface area contributed by atoms with Crippen LogP contribution >= 0.6 is 0 Å². The van der Waals surface area contributed by atoms with E-state index in [9.17, 15) is 4.79 Å². The van der Waals surface area contributed by atoms with Crippen LogP contribution in [0.1, 0.15) is 11.1 Å². The van der Waals surface area contributed by atoms with Crippen molar-refractivity contribution in [1.29, 1.82) is 0 Å². The standard InChI is InChI=1S/C15H21NO4/c1-11-5-12(2)7-13(6-11)20-10-15(18)16-3-4-19-14(8-16)9-17/h5-7,14,17H,3-4,8-10H2,1-2H3. The first-order chi connectivity index (χ1) is 9.58. The topological polar surface area (TPSA) is 59.0 Å². The molecule has 1 fully saturated rings. The highest BCUT2D eigenvalue weighted by atomic mass is 16.5. The van der Waals surface area contributed by atoms with E-state index in [-0.39, 0.29) is 25.2 Å². The van der Waals surface area contributed by atoms with Crippen molar-refractivity contribution in [3.63, 3.8) is 0 Å². The maximum Gasteiger partial charge on any atom is 0.260 e. The third-order valence-electron chi connectivity index (χ3n) is 3.25. The van der Waals surface area contributed by atoms with Crippen LogP contribution in [0.15, 0.2) is 18.2 Å². The molecule has 1 amide bonds. The lowest BCUT2D eigenvalue weighted by atomic mass is 10.1. The molecule has 0 aromatic heterocycles. The molecule has 110 valence electrons. The number of aliphatic hydroxyl groups is 1. The Kier molecular flexibility index (Phi) is 4.98. The number of aliphatic hydroxyl groups excluding tert-OH is 1. The number of amides is 1. The van der Waals surface area contributed by atoms with E-state index in [1.54, 1.807) is 4.90 Å². The summed E-state index contributed by atoms with van der Waals surface area (Å²) in [5.74, 6) is 0.633. The van der Waals surface area contributed by atoms with E-state index in [0.717, 1.165) is 11.1 Å². The molecule has 1 heterocycles. The lowest BCUT2D eigenvalue weighted by Crippen LogP contribution is -2.48.